The van der Waals surface area contributed by atoms with Gasteiger partial charge < -0.3 is 4.90 Å². The van der Waals surface area contributed by atoms with Gasteiger partial charge in [-0.1, -0.05) is 60.7 Å². The molecule has 4 nitrogen and oxygen atoms in total. The van der Waals surface area contributed by atoms with Gasteiger partial charge in [-0.05, 0) is 37.1 Å². The highest BCUT2D eigenvalue weighted by atomic mass is 16.2. The van der Waals surface area contributed by atoms with E-state index in [1.54, 1.807) is 0 Å². The first kappa shape index (κ1) is 18.2. The summed E-state index contributed by atoms with van der Waals surface area (Å²) in [7, 11) is 0. The van der Waals surface area contributed by atoms with Crippen molar-refractivity contribution in [3.63, 3.8) is 0 Å². The molecular formula is C23H29N3O. The molecular weight excluding hydrogens is 334 g/mol. The molecule has 0 N–H and O–H groups in total. The summed E-state index contributed by atoms with van der Waals surface area (Å²) >= 11 is 0. The first-order valence-corrected chi connectivity index (χ1v) is 10.2. The predicted molar refractivity (Wildman–Crippen MR) is 109 cm³/mol. The second kappa shape index (κ2) is 8.68. The molecule has 2 aliphatic rings. The molecule has 0 saturated carbocycles. The molecule has 0 aromatic heterocycles. The van der Waals surface area contributed by atoms with Crippen LogP contribution in [0.4, 0.5) is 0 Å². The Kier molecular flexibility index (Phi) is 5.85. The monoisotopic (exact) mass is 363 g/mol. The van der Waals surface area contributed by atoms with Gasteiger partial charge in [0.2, 0.25) is 5.91 Å². The van der Waals surface area contributed by atoms with Crippen molar-refractivity contribution in [3.8, 4) is 0 Å². The summed E-state index contributed by atoms with van der Waals surface area (Å²) in [6.45, 7) is 6.23. The van der Waals surface area contributed by atoms with E-state index in [-0.39, 0.29) is 6.04 Å². The van der Waals surface area contributed by atoms with E-state index in [0.717, 1.165) is 39.3 Å². The number of hydrogen-bond acceptors (Lipinski definition) is 3. The van der Waals surface area contributed by atoms with Crippen molar-refractivity contribution in [2.75, 3.05) is 45.8 Å². The van der Waals surface area contributed by atoms with Crippen molar-refractivity contribution in [1.82, 2.24) is 14.7 Å². The minimum absolute atomic E-state index is 0.253. The number of amides is 1. The molecule has 4 rings (SSSR count). The zero-order valence-electron chi connectivity index (χ0n) is 16.0. The lowest BCUT2D eigenvalue weighted by Crippen LogP contribution is -2.51. The summed E-state index contributed by atoms with van der Waals surface area (Å²) < 4.78 is 0. The topological polar surface area (TPSA) is 26.8 Å². The summed E-state index contributed by atoms with van der Waals surface area (Å²) in [5, 5.41) is 0. The van der Waals surface area contributed by atoms with Gasteiger partial charge in [0, 0.05) is 26.2 Å². The molecule has 0 aliphatic carbocycles. The quantitative estimate of drug-likeness (QED) is 0.817. The van der Waals surface area contributed by atoms with Gasteiger partial charge in [0.25, 0.3) is 0 Å². The summed E-state index contributed by atoms with van der Waals surface area (Å²) in [5.41, 5.74) is 2.64. The Hall–Kier alpha value is -2.17. The van der Waals surface area contributed by atoms with Crippen molar-refractivity contribution >= 4 is 5.91 Å². The van der Waals surface area contributed by atoms with Gasteiger partial charge in [0.1, 0.15) is 0 Å². The summed E-state index contributed by atoms with van der Waals surface area (Å²) in [5.74, 6) is 0.299. The third-order valence-electron chi connectivity index (χ3n) is 5.82. The number of piperazine rings is 1. The van der Waals surface area contributed by atoms with Crippen LogP contribution in [0.15, 0.2) is 60.7 Å². The highest BCUT2D eigenvalue weighted by Crippen LogP contribution is 2.29. The van der Waals surface area contributed by atoms with Crippen LogP contribution in [0.25, 0.3) is 0 Å². The fourth-order valence-electron chi connectivity index (χ4n) is 4.35. The highest BCUT2D eigenvalue weighted by Gasteiger charge is 2.28. The number of hydrogen-bond donors (Lipinski definition) is 0. The van der Waals surface area contributed by atoms with E-state index in [9.17, 15) is 4.79 Å². The van der Waals surface area contributed by atoms with Gasteiger partial charge >= 0.3 is 0 Å². The molecule has 0 spiro atoms. The molecule has 2 fully saturated rings. The van der Waals surface area contributed by atoms with Gasteiger partial charge in [-0.3, -0.25) is 14.6 Å². The summed E-state index contributed by atoms with van der Waals surface area (Å²) in [6, 6.07) is 21.7. The van der Waals surface area contributed by atoms with Crippen LogP contribution < -0.4 is 0 Å². The fourth-order valence-corrected chi connectivity index (χ4v) is 4.35. The Labute approximate surface area is 162 Å². The van der Waals surface area contributed by atoms with E-state index in [1.807, 2.05) is 0 Å². The molecule has 2 aliphatic heterocycles. The van der Waals surface area contributed by atoms with Crippen LogP contribution in [0.1, 0.15) is 30.0 Å². The smallest absolute Gasteiger partial charge is 0.236 e. The molecule has 0 atom stereocenters. The maximum atomic E-state index is 12.6. The Balaban J connectivity index is 1.43. The second-order valence-electron chi connectivity index (χ2n) is 7.62. The molecule has 0 radical (unpaired) electrons. The second-order valence-corrected chi connectivity index (χ2v) is 7.62. The van der Waals surface area contributed by atoms with E-state index in [1.165, 1.54) is 24.0 Å². The van der Waals surface area contributed by atoms with Crippen LogP contribution in [0.5, 0.6) is 0 Å². The molecule has 2 heterocycles. The van der Waals surface area contributed by atoms with Crippen molar-refractivity contribution in [2.24, 2.45) is 0 Å². The van der Waals surface area contributed by atoms with Gasteiger partial charge in [-0.15, -0.1) is 0 Å². The standard InChI is InChI=1S/C23H29N3O/c27-22(19-24-13-7-8-14-24)25-15-17-26(18-16-25)23(20-9-3-1-4-10-20)21-11-5-2-6-12-21/h1-6,9-12,23H,7-8,13-19H2. The molecule has 0 unspecified atom stereocenters. The van der Waals surface area contributed by atoms with Crippen LogP contribution in [-0.2, 0) is 4.79 Å². The predicted octanol–water partition coefficient (Wildman–Crippen LogP) is 3.02. The molecule has 2 aromatic carbocycles. The van der Waals surface area contributed by atoms with E-state index in [0.29, 0.717) is 12.5 Å². The van der Waals surface area contributed by atoms with Crippen molar-refractivity contribution < 1.29 is 4.79 Å². The van der Waals surface area contributed by atoms with Gasteiger partial charge in [-0.25, -0.2) is 0 Å². The Morgan fingerprint density at radius 1 is 0.741 bits per heavy atom. The van der Waals surface area contributed by atoms with Crippen LogP contribution in [-0.4, -0.2) is 66.4 Å². The van der Waals surface area contributed by atoms with Gasteiger partial charge in [-0.2, -0.15) is 0 Å². The van der Waals surface area contributed by atoms with Crippen molar-refractivity contribution in [2.45, 2.75) is 18.9 Å². The third-order valence-corrected chi connectivity index (χ3v) is 5.82. The number of nitrogens with zero attached hydrogens (tertiary/aromatic N) is 3. The Morgan fingerprint density at radius 2 is 1.26 bits per heavy atom. The van der Waals surface area contributed by atoms with Crippen LogP contribution in [0, 0.1) is 0 Å². The lowest BCUT2D eigenvalue weighted by molar-refractivity contribution is -0.134. The van der Waals surface area contributed by atoms with Gasteiger partial charge in [0.15, 0.2) is 0 Å². The number of benzene rings is 2. The zero-order valence-corrected chi connectivity index (χ0v) is 16.0. The van der Waals surface area contributed by atoms with E-state index >= 15 is 0 Å². The lowest BCUT2D eigenvalue weighted by atomic mass is 9.96. The van der Waals surface area contributed by atoms with E-state index < -0.39 is 0 Å². The highest BCUT2D eigenvalue weighted by molar-refractivity contribution is 5.78. The minimum atomic E-state index is 0.253. The number of rotatable bonds is 5. The average Bonchev–Trinajstić information content (AvgIpc) is 3.23. The molecule has 142 valence electrons. The Bertz CT molecular complexity index is 680. The normalized spacial score (nSPS) is 18.9. The molecule has 2 saturated heterocycles. The summed E-state index contributed by atoms with van der Waals surface area (Å²) in [6.07, 6.45) is 2.47. The fraction of sp³-hybridized carbons (Fsp3) is 0.435. The summed E-state index contributed by atoms with van der Waals surface area (Å²) in [4.78, 5) is 19.5. The molecule has 1 amide bonds. The first-order valence-electron chi connectivity index (χ1n) is 10.2. The van der Waals surface area contributed by atoms with Crippen LogP contribution >= 0.6 is 0 Å². The minimum Gasteiger partial charge on any atom is -0.339 e. The van der Waals surface area contributed by atoms with E-state index in [2.05, 4.69) is 75.4 Å². The average molecular weight is 364 g/mol. The lowest BCUT2D eigenvalue weighted by Gasteiger charge is -2.40. The molecule has 4 heteroatoms. The number of carbonyl (C=O) groups is 1. The van der Waals surface area contributed by atoms with Crippen LogP contribution in [0.3, 0.4) is 0 Å². The molecule has 27 heavy (non-hydrogen) atoms. The molecule has 2 aromatic rings. The first-order chi connectivity index (χ1) is 13.3. The maximum absolute atomic E-state index is 12.6. The molecule has 0 bridgehead atoms. The number of carbonyl (C=O) groups excluding carboxylic acids is 1. The Morgan fingerprint density at radius 3 is 1.78 bits per heavy atom. The SMILES string of the molecule is O=C(CN1CCCC1)N1CCN(C(c2ccccc2)c2ccccc2)CC1. The van der Waals surface area contributed by atoms with E-state index in [4.69, 9.17) is 0 Å². The largest absolute Gasteiger partial charge is 0.339 e. The van der Waals surface area contributed by atoms with Gasteiger partial charge in [0.05, 0.1) is 12.6 Å². The van der Waals surface area contributed by atoms with Crippen molar-refractivity contribution in [1.29, 1.82) is 0 Å². The number of likely N-dealkylation sites (tertiary alicyclic amines) is 1. The zero-order chi connectivity index (χ0) is 18.5. The van der Waals surface area contributed by atoms with Crippen molar-refractivity contribution in [3.05, 3.63) is 71.8 Å². The maximum Gasteiger partial charge on any atom is 0.236 e. The third kappa shape index (κ3) is 4.40. The van der Waals surface area contributed by atoms with Crippen LogP contribution in [0.2, 0.25) is 0 Å².